The molecule has 2 aromatic heterocycles. The highest BCUT2D eigenvalue weighted by atomic mass is 127. The van der Waals surface area contributed by atoms with Crippen LogP contribution in [0.25, 0.3) is 11.1 Å². The van der Waals surface area contributed by atoms with Crippen molar-refractivity contribution in [3.8, 4) is 11.1 Å². The molecule has 1 aliphatic rings. The molecule has 0 bridgehead atoms. The first-order valence-electron chi connectivity index (χ1n) is 9.56. The molecule has 0 radical (unpaired) electrons. The number of anilines is 1. The molecule has 7 nitrogen and oxygen atoms in total. The van der Waals surface area contributed by atoms with Crippen LogP contribution < -0.4 is 10.9 Å². The van der Waals surface area contributed by atoms with Crippen LogP contribution in [0, 0.1) is 16.4 Å². The Morgan fingerprint density at radius 1 is 1.23 bits per heavy atom. The predicted octanol–water partition coefficient (Wildman–Crippen LogP) is 3.66. The van der Waals surface area contributed by atoms with Crippen LogP contribution in [-0.2, 0) is 11.3 Å². The summed E-state index contributed by atoms with van der Waals surface area (Å²) in [6.07, 6.45) is 5.98. The van der Waals surface area contributed by atoms with Gasteiger partial charge in [0.1, 0.15) is 16.1 Å². The summed E-state index contributed by atoms with van der Waals surface area (Å²) >= 11 is 2.02. The van der Waals surface area contributed by atoms with Crippen LogP contribution in [0.1, 0.15) is 36.4 Å². The number of rotatable bonds is 5. The van der Waals surface area contributed by atoms with Crippen LogP contribution in [0.2, 0.25) is 0 Å². The lowest BCUT2D eigenvalue weighted by Crippen LogP contribution is -2.31. The minimum atomic E-state index is -0.422. The van der Waals surface area contributed by atoms with E-state index in [0.717, 1.165) is 35.2 Å². The largest absolute Gasteiger partial charge is 0.308 e. The Balaban J connectivity index is 1.65. The van der Waals surface area contributed by atoms with Gasteiger partial charge in [-0.1, -0.05) is 12.5 Å². The Morgan fingerprint density at radius 2 is 2.03 bits per heavy atom. The topological polar surface area (TPSA) is 89.8 Å². The van der Waals surface area contributed by atoms with Gasteiger partial charge in [0, 0.05) is 17.5 Å². The highest BCUT2D eigenvalue weighted by Gasteiger charge is 2.26. The second-order valence-electron chi connectivity index (χ2n) is 7.36. The fourth-order valence-corrected chi connectivity index (χ4v) is 3.70. The van der Waals surface area contributed by atoms with Crippen molar-refractivity contribution in [1.82, 2.24) is 19.7 Å². The molecule has 0 saturated heterocycles. The summed E-state index contributed by atoms with van der Waals surface area (Å²) in [4.78, 5) is 33.2. The van der Waals surface area contributed by atoms with E-state index in [1.54, 1.807) is 0 Å². The van der Waals surface area contributed by atoms with Gasteiger partial charge in [0.15, 0.2) is 5.82 Å². The molecular weight excluding hydrogens is 500 g/mol. The summed E-state index contributed by atoms with van der Waals surface area (Å²) in [5, 5.41) is 7.13. The third-order valence-electron chi connectivity index (χ3n) is 5.05. The number of carbonyl (C=O) groups is 1. The number of benzene rings is 1. The van der Waals surface area contributed by atoms with Gasteiger partial charge < -0.3 is 5.32 Å². The molecule has 0 aliphatic heterocycles. The average Bonchev–Trinajstić information content (AvgIpc) is 2.64. The van der Waals surface area contributed by atoms with Gasteiger partial charge in [-0.3, -0.25) is 9.59 Å². The molecule has 0 spiro atoms. The molecule has 1 aromatic carbocycles. The first-order chi connectivity index (χ1) is 14.4. The summed E-state index contributed by atoms with van der Waals surface area (Å²) in [7, 11) is 0. The first-order valence-corrected chi connectivity index (χ1v) is 10.6. The molecule has 3 aromatic rings. The van der Waals surface area contributed by atoms with E-state index in [1.165, 1.54) is 30.6 Å². The molecule has 30 heavy (non-hydrogen) atoms. The number of nitrogens with one attached hydrogen (secondary N) is 1. The van der Waals surface area contributed by atoms with Crippen LogP contribution >= 0.6 is 22.6 Å². The molecule has 154 valence electrons. The summed E-state index contributed by atoms with van der Waals surface area (Å²) in [5.74, 6) is -0.277. The molecule has 2 heterocycles. The van der Waals surface area contributed by atoms with Crippen molar-refractivity contribution >= 4 is 34.3 Å². The third kappa shape index (κ3) is 4.55. The maximum absolute atomic E-state index is 14.0. The maximum Gasteiger partial charge on any atom is 0.267 e. The quantitative estimate of drug-likeness (QED) is 0.520. The number of hydrogen-bond acceptors (Lipinski definition) is 5. The van der Waals surface area contributed by atoms with Crippen LogP contribution in [0.3, 0.4) is 0 Å². The molecule has 9 heteroatoms. The lowest BCUT2D eigenvalue weighted by molar-refractivity contribution is -0.117. The minimum absolute atomic E-state index is 0.195. The van der Waals surface area contributed by atoms with E-state index >= 15 is 0 Å². The Bertz CT molecular complexity index is 1140. The Kier molecular flexibility index (Phi) is 5.89. The summed E-state index contributed by atoms with van der Waals surface area (Å²) in [6.45, 7) is 1.57. The van der Waals surface area contributed by atoms with E-state index in [4.69, 9.17) is 0 Å². The van der Waals surface area contributed by atoms with Crippen molar-refractivity contribution in [2.75, 3.05) is 5.32 Å². The smallest absolute Gasteiger partial charge is 0.267 e. The van der Waals surface area contributed by atoms with Gasteiger partial charge in [-0.15, -0.1) is 0 Å². The van der Waals surface area contributed by atoms with Gasteiger partial charge in [-0.05, 0) is 65.6 Å². The lowest BCUT2D eigenvalue weighted by atomic mass is 9.80. The van der Waals surface area contributed by atoms with Gasteiger partial charge >= 0.3 is 0 Å². The van der Waals surface area contributed by atoms with E-state index in [0.29, 0.717) is 20.6 Å². The van der Waals surface area contributed by atoms with E-state index in [1.807, 2.05) is 35.6 Å². The minimum Gasteiger partial charge on any atom is -0.308 e. The number of hydrogen-bond donors (Lipinski definition) is 1. The SMILES string of the molecule is Cc1cc(F)cc(-c2cc(=O)n(CC(=O)Nc3cnc(I)cn3)nc2C2CCC2)c1. The van der Waals surface area contributed by atoms with Crippen LogP contribution in [0.15, 0.2) is 41.5 Å². The van der Waals surface area contributed by atoms with Gasteiger partial charge in [0.2, 0.25) is 5.91 Å². The monoisotopic (exact) mass is 519 g/mol. The standard InChI is InChI=1S/C21H19FIN5O2/c1-12-5-14(7-15(22)6-12)16-8-20(30)28(27-21(16)13-3-2-4-13)11-19(29)26-18-10-24-17(23)9-25-18/h5-10,13H,2-4,11H2,1H3,(H,25,26,29). The summed E-state index contributed by atoms with van der Waals surface area (Å²) < 4.78 is 15.8. The zero-order valence-corrected chi connectivity index (χ0v) is 18.4. The number of aryl methyl sites for hydroxylation is 1. The highest BCUT2D eigenvalue weighted by molar-refractivity contribution is 14.1. The lowest BCUT2D eigenvalue weighted by Gasteiger charge is -2.27. The Morgan fingerprint density at radius 3 is 2.67 bits per heavy atom. The fraction of sp³-hybridized carbons (Fsp3) is 0.286. The van der Waals surface area contributed by atoms with Crippen molar-refractivity contribution < 1.29 is 9.18 Å². The normalized spacial score (nSPS) is 13.7. The Hall–Kier alpha value is -2.69. The zero-order valence-electron chi connectivity index (χ0n) is 16.2. The number of amides is 1. The van der Waals surface area contributed by atoms with Crippen molar-refractivity contribution in [3.63, 3.8) is 0 Å². The van der Waals surface area contributed by atoms with Gasteiger partial charge in [0.25, 0.3) is 5.56 Å². The molecule has 0 atom stereocenters. The molecule has 1 N–H and O–H groups in total. The average molecular weight is 519 g/mol. The van der Waals surface area contributed by atoms with Crippen molar-refractivity contribution in [1.29, 1.82) is 0 Å². The highest BCUT2D eigenvalue weighted by Crippen LogP contribution is 2.39. The van der Waals surface area contributed by atoms with Gasteiger partial charge in [-0.2, -0.15) is 5.10 Å². The van der Waals surface area contributed by atoms with E-state index in [9.17, 15) is 14.0 Å². The summed E-state index contributed by atoms with van der Waals surface area (Å²) in [5.41, 5.74) is 2.34. The zero-order chi connectivity index (χ0) is 21.3. The van der Waals surface area contributed by atoms with Crippen molar-refractivity contribution in [2.24, 2.45) is 0 Å². The summed E-state index contributed by atoms with van der Waals surface area (Å²) in [6, 6.07) is 6.15. The first kappa shape index (κ1) is 20.6. The number of halogens is 2. The van der Waals surface area contributed by atoms with Crippen LogP contribution in [-0.4, -0.2) is 25.7 Å². The van der Waals surface area contributed by atoms with E-state index in [-0.39, 0.29) is 18.3 Å². The second kappa shape index (κ2) is 8.58. The van der Waals surface area contributed by atoms with Crippen LogP contribution in [0.5, 0.6) is 0 Å². The van der Waals surface area contributed by atoms with E-state index in [2.05, 4.69) is 20.4 Å². The number of carbonyl (C=O) groups excluding carboxylic acids is 1. The molecule has 4 rings (SSSR count). The number of nitrogens with zero attached hydrogens (tertiary/aromatic N) is 4. The molecule has 1 aliphatic carbocycles. The van der Waals surface area contributed by atoms with Gasteiger partial charge in [-0.25, -0.2) is 19.0 Å². The molecule has 1 amide bonds. The number of aromatic nitrogens is 4. The Labute approximate surface area is 185 Å². The molecule has 1 fully saturated rings. The molecule has 0 unspecified atom stereocenters. The van der Waals surface area contributed by atoms with Crippen molar-refractivity contribution in [2.45, 2.75) is 38.6 Å². The molecule has 1 saturated carbocycles. The van der Waals surface area contributed by atoms with Gasteiger partial charge in [0.05, 0.1) is 18.1 Å². The second-order valence-corrected chi connectivity index (χ2v) is 8.46. The fourth-order valence-electron chi connectivity index (χ4n) is 3.42. The third-order valence-corrected chi connectivity index (χ3v) is 5.61. The van der Waals surface area contributed by atoms with Crippen molar-refractivity contribution in [3.05, 3.63) is 67.8 Å². The predicted molar refractivity (Wildman–Crippen MR) is 119 cm³/mol. The molecular formula is C21H19FIN5O2. The maximum atomic E-state index is 14.0. The van der Waals surface area contributed by atoms with E-state index < -0.39 is 11.5 Å². The van der Waals surface area contributed by atoms with Crippen LogP contribution in [0.4, 0.5) is 10.2 Å².